The van der Waals surface area contributed by atoms with E-state index in [9.17, 15) is 4.39 Å². The van der Waals surface area contributed by atoms with E-state index in [1.807, 2.05) is 11.9 Å². The molecule has 0 aliphatic carbocycles. The summed E-state index contributed by atoms with van der Waals surface area (Å²) in [4.78, 5) is 1.84. The maximum Gasteiger partial charge on any atom is 0.188 e. The molecule has 1 aromatic rings. The molecule has 19 heavy (non-hydrogen) atoms. The Hall–Kier alpha value is -1.49. The summed E-state index contributed by atoms with van der Waals surface area (Å²) in [6.45, 7) is 5.64. The smallest absolute Gasteiger partial charge is 0.188 e. The van der Waals surface area contributed by atoms with E-state index in [1.54, 1.807) is 19.2 Å². The van der Waals surface area contributed by atoms with Crippen molar-refractivity contribution in [3.05, 3.63) is 17.9 Å². The van der Waals surface area contributed by atoms with Gasteiger partial charge in [-0.3, -0.25) is 0 Å². The molecule has 0 unspecified atom stereocenters. The van der Waals surface area contributed by atoms with Crippen LogP contribution in [0.4, 0.5) is 10.1 Å². The SMILES string of the molecule is COc1cc(OC)c(F)c(N(C)CCNC(C)C)c1. The number of ether oxygens (including phenoxy) is 2. The summed E-state index contributed by atoms with van der Waals surface area (Å²) in [5.74, 6) is 0.408. The third kappa shape index (κ3) is 4.28. The van der Waals surface area contributed by atoms with Crippen molar-refractivity contribution in [1.29, 1.82) is 0 Å². The van der Waals surface area contributed by atoms with Gasteiger partial charge in [-0.05, 0) is 0 Å². The van der Waals surface area contributed by atoms with Crippen LogP contribution in [0.1, 0.15) is 13.8 Å². The highest BCUT2D eigenvalue weighted by atomic mass is 19.1. The Balaban J connectivity index is 2.85. The van der Waals surface area contributed by atoms with E-state index in [0.29, 0.717) is 24.0 Å². The van der Waals surface area contributed by atoms with Crippen LogP contribution in [0, 0.1) is 5.82 Å². The van der Waals surface area contributed by atoms with Crippen LogP contribution in [0.3, 0.4) is 0 Å². The molecule has 1 N–H and O–H groups in total. The Bertz CT molecular complexity index is 411. The number of likely N-dealkylation sites (N-methyl/N-ethyl adjacent to an activating group) is 1. The second kappa shape index (κ2) is 7.19. The second-order valence-electron chi connectivity index (χ2n) is 4.69. The fourth-order valence-electron chi connectivity index (χ4n) is 1.74. The molecule has 4 nitrogen and oxygen atoms in total. The largest absolute Gasteiger partial charge is 0.497 e. The minimum Gasteiger partial charge on any atom is -0.497 e. The minimum absolute atomic E-state index is 0.193. The fraction of sp³-hybridized carbons (Fsp3) is 0.571. The van der Waals surface area contributed by atoms with Gasteiger partial charge in [-0.15, -0.1) is 0 Å². The Labute approximate surface area is 114 Å². The minimum atomic E-state index is -0.365. The van der Waals surface area contributed by atoms with Crippen LogP contribution >= 0.6 is 0 Å². The molecule has 0 radical (unpaired) electrons. The van der Waals surface area contributed by atoms with E-state index >= 15 is 0 Å². The van der Waals surface area contributed by atoms with Crippen molar-refractivity contribution >= 4 is 5.69 Å². The van der Waals surface area contributed by atoms with Gasteiger partial charge < -0.3 is 19.7 Å². The summed E-state index contributed by atoms with van der Waals surface area (Å²) in [7, 11) is 4.85. The molecule has 0 aliphatic rings. The van der Waals surface area contributed by atoms with Gasteiger partial charge in [0.15, 0.2) is 11.6 Å². The van der Waals surface area contributed by atoms with Crippen LogP contribution in [-0.4, -0.2) is 40.4 Å². The van der Waals surface area contributed by atoms with E-state index in [-0.39, 0.29) is 11.6 Å². The lowest BCUT2D eigenvalue weighted by Gasteiger charge is -2.22. The van der Waals surface area contributed by atoms with Crippen molar-refractivity contribution in [1.82, 2.24) is 5.32 Å². The predicted octanol–water partition coefficient (Wildman–Crippen LogP) is 2.28. The van der Waals surface area contributed by atoms with Crippen LogP contribution in [-0.2, 0) is 0 Å². The van der Waals surface area contributed by atoms with Gasteiger partial charge in [-0.25, -0.2) is 4.39 Å². The molecule has 0 spiro atoms. The van der Waals surface area contributed by atoms with Gasteiger partial charge in [0.1, 0.15) is 5.75 Å². The second-order valence-corrected chi connectivity index (χ2v) is 4.69. The molecule has 108 valence electrons. The number of nitrogens with zero attached hydrogens (tertiary/aromatic N) is 1. The summed E-state index contributed by atoms with van der Waals surface area (Å²) in [6.07, 6.45) is 0. The molecular formula is C14H23FN2O2. The maximum absolute atomic E-state index is 14.2. The molecular weight excluding hydrogens is 247 g/mol. The predicted molar refractivity (Wildman–Crippen MR) is 75.9 cm³/mol. The number of halogens is 1. The molecule has 0 aliphatic heterocycles. The van der Waals surface area contributed by atoms with E-state index in [2.05, 4.69) is 19.2 Å². The average molecular weight is 270 g/mol. The van der Waals surface area contributed by atoms with E-state index in [1.165, 1.54) is 7.11 Å². The van der Waals surface area contributed by atoms with Crippen LogP contribution in [0.5, 0.6) is 11.5 Å². The molecule has 0 heterocycles. The van der Waals surface area contributed by atoms with Crippen LogP contribution in [0.15, 0.2) is 12.1 Å². The third-order valence-corrected chi connectivity index (χ3v) is 2.86. The van der Waals surface area contributed by atoms with Gasteiger partial charge >= 0.3 is 0 Å². The first-order valence-electron chi connectivity index (χ1n) is 6.35. The number of benzene rings is 1. The Kier molecular flexibility index (Phi) is 5.89. The molecule has 0 fully saturated rings. The summed E-state index contributed by atoms with van der Waals surface area (Å²) in [5.41, 5.74) is 0.474. The lowest BCUT2D eigenvalue weighted by molar-refractivity contribution is 0.374. The van der Waals surface area contributed by atoms with E-state index in [0.717, 1.165) is 6.54 Å². The summed E-state index contributed by atoms with van der Waals surface area (Å²) >= 11 is 0. The number of nitrogens with one attached hydrogen (secondary N) is 1. The zero-order chi connectivity index (χ0) is 14.4. The van der Waals surface area contributed by atoms with Crippen molar-refractivity contribution < 1.29 is 13.9 Å². The normalized spacial score (nSPS) is 10.7. The van der Waals surface area contributed by atoms with Crippen molar-refractivity contribution in [3.8, 4) is 11.5 Å². The first-order valence-corrected chi connectivity index (χ1v) is 6.35. The van der Waals surface area contributed by atoms with Crippen LogP contribution in [0.25, 0.3) is 0 Å². The topological polar surface area (TPSA) is 33.7 Å². The standard InChI is InChI=1S/C14H23FN2O2/c1-10(2)16-6-7-17(3)12-8-11(18-4)9-13(19-5)14(12)15/h8-10,16H,6-7H2,1-5H3. The number of hydrogen-bond acceptors (Lipinski definition) is 4. The van der Waals surface area contributed by atoms with Crippen LogP contribution < -0.4 is 19.7 Å². The number of hydrogen-bond donors (Lipinski definition) is 1. The highest BCUT2D eigenvalue weighted by Gasteiger charge is 2.15. The van der Waals surface area contributed by atoms with Gasteiger partial charge in [-0.2, -0.15) is 0 Å². The van der Waals surface area contributed by atoms with Gasteiger partial charge in [0, 0.05) is 38.3 Å². The van der Waals surface area contributed by atoms with Crippen LogP contribution in [0.2, 0.25) is 0 Å². The molecule has 5 heteroatoms. The average Bonchev–Trinajstić information content (AvgIpc) is 2.38. The van der Waals surface area contributed by atoms with Crippen molar-refractivity contribution in [2.24, 2.45) is 0 Å². The van der Waals surface area contributed by atoms with Gasteiger partial charge in [0.25, 0.3) is 0 Å². The lowest BCUT2D eigenvalue weighted by atomic mass is 10.2. The zero-order valence-corrected chi connectivity index (χ0v) is 12.3. The molecule has 1 rings (SSSR count). The van der Waals surface area contributed by atoms with Crippen molar-refractivity contribution in [2.45, 2.75) is 19.9 Å². The molecule has 0 saturated carbocycles. The highest BCUT2D eigenvalue weighted by Crippen LogP contribution is 2.32. The molecule has 0 aromatic heterocycles. The molecule has 1 aromatic carbocycles. The van der Waals surface area contributed by atoms with Gasteiger partial charge in [0.2, 0.25) is 0 Å². The monoisotopic (exact) mass is 270 g/mol. The van der Waals surface area contributed by atoms with Crippen molar-refractivity contribution in [3.63, 3.8) is 0 Å². The van der Waals surface area contributed by atoms with Crippen molar-refractivity contribution in [2.75, 3.05) is 39.3 Å². The summed E-state index contributed by atoms with van der Waals surface area (Å²) in [6, 6.07) is 3.63. The maximum atomic E-state index is 14.2. The van der Waals surface area contributed by atoms with E-state index < -0.39 is 0 Å². The van der Waals surface area contributed by atoms with E-state index in [4.69, 9.17) is 9.47 Å². The molecule has 0 amide bonds. The zero-order valence-electron chi connectivity index (χ0n) is 12.3. The first kappa shape index (κ1) is 15.6. The van der Waals surface area contributed by atoms with Gasteiger partial charge in [-0.1, -0.05) is 13.8 Å². The number of anilines is 1. The Morgan fingerprint density at radius 3 is 2.47 bits per heavy atom. The highest BCUT2D eigenvalue weighted by molar-refractivity contribution is 5.56. The quantitative estimate of drug-likeness (QED) is 0.824. The first-order chi connectivity index (χ1) is 8.99. The Morgan fingerprint density at radius 1 is 1.26 bits per heavy atom. The number of rotatable bonds is 7. The summed E-state index contributed by atoms with van der Waals surface area (Å²) < 4.78 is 24.4. The summed E-state index contributed by atoms with van der Waals surface area (Å²) in [5, 5.41) is 3.30. The molecule has 0 atom stereocenters. The van der Waals surface area contributed by atoms with Gasteiger partial charge in [0.05, 0.1) is 19.9 Å². The Morgan fingerprint density at radius 2 is 1.95 bits per heavy atom. The number of methoxy groups -OCH3 is 2. The fourth-order valence-corrected chi connectivity index (χ4v) is 1.74. The lowest BCUT2D eigenvalue weighted by Crippen LogP contribution is -2.33. The third-order valence-electron chi connectivity index (χ3n) is 2.86. The molecule has 0 bridgehead atoms. The molecule has 0 saturated heterocycles.